The molecule has 3 aromatic rings. The van der Waals surface area contributed by atoms with Gasteiger partial charge in [-0.1, -0.05) is 30.8 Å². The Bertz CT molecular complexity index is 1160. The van der Waals surface area contributed by atoms with Gasteiger partial charge in [0, 0.05) is 37.3 Å². The molecule has 0 bridgehead atoms. The number of aliphatic hydroxyl groups is 1. The summed E-state index contributed by atoms with van der Waals surface area (Å²) in [5.74, 6) is 0.950. The molecule has 7 nitrogen and oxygen atoms in total. The molecule has 31 heavy (non-hydrogen) atoms. The van der Waals surface area contributed by atoms with E-state index in [4.69, 9.17) is 5.73 Å². The third-order valence-electron chi connectivity index (χ3n) is 6.71. The summed E-state index contributed by atoms with van der Waals surface area (Å²) >= 11 is 0. The molecule has 0 spiro atoms. The molecule has 2 aromatic heterocycles. The fourth-order valence-electron chi connectivity index (χ4n) is 4.91. The highest BCUT2D eigenvalue weighted by atomic mass is 16.3. The summed E-state index contributed by atoms with van der Waals surface area (Å²) in [4.78, 5) is 22.7. The van der Waals surface area contributed by atoms with E-state index in [0.717, 1.165) is 52.7 Å². The summed E-state index contributed by atoms with van der Waals surface area (Å²) in [6.07, 6.45) is 5.50. The standard InChI is InChI=1S/C24H27N5O2/c1-3-18(30)29-11-10-17(12-29)21-19(20-23(25)26-13-27-24(20)28(21)2)14-4-6-15(7-5-14)22(31)16-8-9-16/h3-7,13,16-17,22,31H,1,8-12H2,2H3,(H2,25,26,27). The van der Waals surface area contributed by atoms with Gasteiger partial charge in [0.05, 0.1) is 11.5 Å². The highest BCUT2D eigenvalue weighted by Crippen LogP contribution is 2.44. The molecule has 7 heteroatoms. The lowest BCUT2D eigenvalue weighted by Gasteiger charge is -2.17. The lowest BCUT2D eigenvalue weighted by molar-refractivity contribution is -0.125. The third-order valence-corrected chi connectivity index (χ3v) is 6.71. The summed E-state index contributed by atoms with van der Waals surface area (Å²) in [5, 5.41) is 11.3. The Balaban J connectivity index is 1.62. The van der Waals surface area contributed by atoms with Crippen LogP contribution in [0.4, 0.5) is 5.82 Å². The van der Waals surface area contributed by atoms with Gasteiger partial charge >= 0.3 is 0 Å². The van der Waals surface area contributed by atoms with Crippen LogP contribution in [-0.2, 0) is 11.8 Å². The monoisotopic (exact) mass is 417 g/mol. The van der Waals surface area contributed by atoms with E-state index in [-0.39, 0.29) is 11.8 Å². The molecule has 2 fully saturated rings. The molecule has 160 valence electrons. The zero-order valence-electron chi connectivity index (χ0n) is 17.7. The zero-order valence-corrected chi connectivity index (χ0v) is 17.7. The SMILES string of the molecule is C=CC(=O)N1CCC(c2c(-c3ccc(C(O)C4CC4)cc3)c3c(N)ncnc3n2C)C1. The van der Waals surface area contributed by atoms with Crippen molar-refractivity contribution < 1.29 is 9.90 Å². The average Bonchev–Trinajstić information content (AvgIpc) is 3.45. The number of nitrogens with two attached hydrogens (primary N) is 1. The Labute approximate surface area is 181 Å². The normalized spacial score (nSPS) is 19.7. The number of carbonyl (C=O) groups excluding carboxylic acids is 1. The molecule has 1 aliphatic carbocycles. The number of nitrogens with zero attached hydrogens (tertiary/aromatic N) is 4. The third kappa shape index (κ3) is 3.29. The number of nitrogen functional groups attached to an aromatic ring is 1. The van der Waals surface area contributed by atoms with Crippen LogP contribution in [0.25, 0.3) is 22.2 Å². The van der Waals surface area contributed by atoms with E-state index in [9.17, 15) is 9.90 Å². The molecule has 0 radical (unpaired) electrons. The van der Waals surface area contributed by atoms with E-state index in [1.807, 2.05) is 36.2 Å². The predicted octanol–water partition coefficient (Wildman–Crippen LogP) is 3.16. The molecule has 1 saturated carbocycles. The molecular weight excluding hydrogens is 390 g/mol. The molecule has 1 aliphatic heterocycles. The van der Waals surface area contributed by atoms with Crippen LogP contribution in [0.5, 0.6) is 0 Å². The van der Waals surface area contributed by atoms with Crippen LogP contribution in [0.1, 0.15) is 42.5 Å². The van der Waals surface area contributed by atoms with Crippen molar-refractivity contribution in [1.82, 2.24) is 19.4 Å². The van der Waals surface area contributed by atoms with Crippen LogP contribution < -0.4 is 5.73 Å². The first-order valence-electron chi connectivity index (χ1n) is 10.8. The Morgan fingerprint density at radius 2 is 2.00 bits per heavy atom. The molecule has 1 aromatic carbocycles. The van der Waals surface area contributed by atoms with E-state index < -0.39 is 6.10 Å². The summed E-state index contributed by atoms with van der Waals surface area (Å²) in [6, 6.07) is 8.10. The van der Waals surface area contributed by atoms with Crippen LogP contribution in [-0.4, -0.2) is 43.5 Å². The number of aryl methyl sites for hydroxylation is 1. The Morgan fingerprint density at radius 1 is 1.26 bits per heavy atom. The Hall–Kier alpha value is -3.19. The van der Waals surface area contributed by atoms with Gasteiger partial charge in [-0.15, -0.1) is 0 Å². The molecule has 3 heterocycles. The summed E-state index contributed by atoms with van der Waals surface area (Å²) in [7, 11) is 2.00. The summed E-state index contributed by atoms with van der Waals surface area (Å²) < 4.78 is 2.09. The minimum Gasteiger partial charge on any atom is -0.388 e. The number of hydrogen-bond acceptors (Lipinski definition) is 5. The summed E-state index contributed by atoms with van der Waals surface area (Å²) in [5.41, 5.74) is 11.2. The van der Waals surface area contributed by atoms with Crippen LogP contribution >= 0.6 is 0 Å². The van der Waals surface area contributed by atoms with Crippen molar-refractivity contribution in [3.05, 3.63) is 54.5 Å². The molecule has 3 N–H and O–H groups in total. The topological polar surface area (TPSA) is 97.3 Å². The van der Waals surface area contributed by atoms with E-state index in [0.29, 0.717) is 24.8 Å². The maximum absolute atomic E-state index is 12.2. The van der Waals surface area contributed by atoms with E-state index in [1.165, 1.54) is 12.4 Å². The summed E-state index contributed by atoms with van der Waals surface area (Å²) in [6.45, 7) is 4.95. The smallest absolute Gasteiger partial charge is 0.245 e. The van der Waals surface area contributed by atoms with Crippen molar-refractivity contribution >= 4 is 22.8 Å². The highest BCUT2D eigenvalue weighted by Gasteiger charge is 2.33. The van der Waals surface area contributed by atoms with Gasteiger partial charge in [-0.25, -0.2) is 9.97 Å². The van der Waals surface area contributed by atoms with E-state index in [1.54, 1.807) is 0 Å². The fraction of sp³-hybridized carbons (Fsp3) is 0.375. The van der Waals surface area contributed by atoms with Crippen LogP contribution in [0.2, 0.25) is 0 Å². The zero-order chi connectivity index (χ0) is 21.7. The molecule has 1 amide bonds. The maximum Gasteiger partial charge on any atom is 0.245 e. The van der Waals surface area contributed by atoms with Gasteiger partial charge in [0.1, 0.15) is 17.8 Å². The molecule has 1 saturated heterocycles. The second-order valence-electron chi connectivity index (χ2n) is 8.66. The number of benzene rings is 1. The van der Waals surface area contributed by atoms with Gasteiger partial charge in [0.25, 0.3) is 0 Å². The van der Waals surface area contributed by atoms with Crippen molar-refractivity contribution in [3.63, 3.8) is 0 Å². The molecule has 2 aliphatic rings. The Kier molecular flexibility index (Phi) is 4.78. The number of anilines is 1. The van der Waals surface area contributed by atoms with Crippen molar-refractivity contribution in [1.29, 1.82) is 0 Å². The number of aliphatic hydroxyl groups excluding tert-OH is 1. The van der Waals surface area contributed by atoms with Crippen LogP contribution in [0.15, 0.2) is 43.2 Å². The lowest BCUT2D eigenvalue weighted by atomic mass is 9.93. The molecule has 5 rings (SSSR count). The van der Waals surface area contributed by atoms with Crippen LogP contribution in [0.3, 0.4) is 0 Å². The van der Waals surface area contributed by atoms with Gasteiger partial charge in [-0.05, 0) is 42.4 Å². The molecule has 2 unspecified atom stereocenters. The molecule has 2 atom stereocenters. The van der Waals surface area contributed by atoms with Gasteiger partial charge in [0.15, 0.2) is 0 Å². The number of rotatable bonds is 5. The first kappa shape index (κ1) is 19.8. The second-order valence-corrected chi connectivity index (χ2v) is 8.66. The highest BCUT2D eigenvalue weighted by molar-refractivity contribution is 6.02. The Morgan fingerprint density at radius 3 is 2.68 bits per heavy atom. The van der Waals surface area contributed by atoms with Crippen molar-refractivity contribution in [2.75, 3.05) is 18.8 Å². The number of amides is 1. The lowest BCUT2D eigenvalue weighted by Crippen LogP contribution is -2.26. The van der Waals surface area contributed by atoms with Crippen molar-refractivity contribution in [2.24, 2.45) is 13.0 Å². The second kappa shape index (κ2) is 7.50. The molecular formula is C24H27N5O2. The number of fused-ring (bicyclic) bond motifs is 1. The van der Waals surface area contributed by atoms with Gasteiger partial charge in [0.2, 0.25) is 5.91 Å². The van der Waals surface area contributed by atoms with Crippen LogP contribution in [0, 0.1) is 5.92 Å². The van der Waals surface area contributed by atoms with Gasteiger partial charge < -0.3 is 20.3 Å². The number of likely N-dealkylation sites (tertiary alicyclic amines) is 1. The minimum absolute atomic E-state index is 0.0412. The largest absolute Gasteiger partial charge is 0.388 e. The number of hydrogen-bond donors (Lipinski definition) is 2. The fourth-order valence-corrected chi connectivity index (χ4v) is 4.91. The maximum atomic E-state index is 12.2. The average molecular weight is 418 g/mol. The van der Waals surface area contributed by atoms with E-state index >= 15 is 0 Å². The number of aromatic nitrogens is 3. The van der Waals surface area contributed by atoms with Crippen molar-refractivity contribution in [3.8, 4) is 11.1 Å². The minimum atomic E-state index is -0.400. The first-order chi connectivity index (χ1) is 15.0. The predicted molar refractivity (Wildman–Crippen MR) is 120 cm³/mol. The van der Waals surface area contributed by atoms with E-state index in [2.05, 4.69) is 21.1 Å². The number of carbonyl (C=O) groups is 1. The first-order valence-corrected chi connectivity index (χ1v) is 10.8. The van der Waals surface area contributed by atoms with Crippen molar-refractivity contribution in [2.45, 2.75) is 31.3 Å². The quantitative estimate of drug-likeness (QED) is 0.622. The van der Waals surface area contributed by atoms with Gasteiger partial charge in [-0.2, -0.15) is 0 Å². The van der Waals surface area contributed by atoms with Gasteiger partial charge in [-0.3, -0.25) is 4.79 Å².